The zero-order valence-corrected chi connectivity index (χ0v) is 17.3. The summed E-state index contributed by atoms with van der Waals surface area (Å²) in [5.41, 5.74) is 0.679. The number of rotatable bonds is 7. The number of pyridine rings is 1. The van der Waals surface area contributed by atoms with Crippen molar-refractivity contribution < 1.29 is 22.7 Å². The molecule has 28 heavy (non-hydrogen) atoms. The third-order valence-electron chi connectivity index (χ3n) is 5.55. The lowest BCUT2D eigenvalue weighted by molar-refractivity contribution is -0.144. The van der Waals surface area contributed by atoms with E-state index in [2.05, 4.69) is 11.6 Å². The Balaban J connectivity index is 1.93. The van der Waals surface area contributed by atoms with E-state index in [-0.39, 0.29) is 23.4 Å². The third-order valence-corrected chi connectivity index (χ3v) is 7.47. The second-order valence-corrected chi connectivity index (χ2v) is 9.28. The fourth-order valence-corrected chi connectivity index (χ4v) is 5.81. The molecule has 8 heteroatoms. The maximum atomic E-state index is 13.4. The van der Waals surface area contributed by atoms with Gasteiger partial charge in [-0.25, -0.2) is 13.4 Å². The molecule has 2 heterocycles. The van der Waals surface area contributed by atoms with E-state index in [1.54, 1.807) is 13.0 Å². The molecule has 7 nitrogen and oxygen atoms in total. The van der Waals surface area contributed by atoms with Crippen LogP contribution in [0.5, 0.6) is 5.88 Å². The van der Waals surface area contributed by atoms with Gasteiger partial charge in [-0.05, 0) is 63.5 Å². The predicted octanol–water partition coefficient (Wildman–Crippen LogP) is 2.84. The summed E-state index contributed by atoms with van der Waals surface area (Å²) < 4.78 is 38.9. The fourth-order valence-electron chi connectivity index (χ4n) is 4.11. The molecule has 0 radical (unpaired) electrons. The van der Waals surface area contributed by atoms with Crippen LogP contribution in [0.15, 0.2) is 29.7 Å². The van der Waals surface area contributed by atoms with Crippen LogP contribution in [-0.2, 0) is 19.6 Å². The number of aromatic nitrogens is 1. The van der Waals surface area contributed by atoms with E-state index in [0.717, 1.165) is 25.7 Å². The second kappa shape index (κ2) is 8.61. The Morgan fingerprint density at radius 3 is 2.82 bits per heavy atom. The molecule has 0 amide bonds. The first-order valence-electron chi connectivity index (χ1n) is 9.73. The van der Waals surface area contributed by atoms with Crippen LogP contribution in [0.1, 0.15) is 44.2 Å². The second-order valence-electron chi connectivity index (χ2n) is 7.42. The number of nitrogens with zero attached hydrogens (tertiary/aromatic N) is 2. The molecule has 2 aliphatic rings. The van der Waals surface area contributed by atoms with Crippen LogP contribution in [0.3, 0.4) is 0 Å². The highest BCUT2D eigenvalue weighted by Gasteiger charge is 2.42. The molecule has 0 aromatic carbocycles. The van der Waals surface area contributed by atoms with Gasteiger partial charge in [0, 0.05) is 12.2 Å². The molecule has 1 saturated carbocycles. The fraction of sp³-hybridized carbons (Fsp3) is 0.600. The van der Waals surface area contributed by atoms with Crippen molar-refractivity contribution in [3.8, 4) is 5.88 Å². The zero-order chi connectivity index (χ0) is 20.3. The topological polar surface area (TPSA) is 85.8 Å². The summed E-state index contributed by atoms with van der Waals surface area (Å²) in [7, 11) is -2.67. The molecule has 3 atom stereocenters. The minimum Gasteiger partial charge on any atom is -0.473 e. The van der Waals surface area contributed by atoms with Crippen LogP contribution in [0.2, 0.25) is 0 Å². The number of sulfonamides is 1. The number of carbonyl (C=O) groups is 1. The van der Waals surface area contributed by atoms with Crippen LogP contribution >= 0.6 is 0 Å². The first-order valence-corrected chi connectivity index (χ1v) is 11.2. The SMILES string of the molecule is C=CC[C@H]1CCC[C@H]1Oc1nc(C)ccc1S(=O)(=O)N1CCC[C@H]1C(=O)OC. The van der Waals surface area contributed by atoms with Gasteiger partial charge in [0.25, 0.3) is 0 Å². The van der Waals surface area contributed by atoms with E-state index < -0.39 is 22.0 Å². The van der Waals surface area contributed by atoms with E-state index >= 15 is 0 Å². The summed E-state index contributed by atoms with van der Waals surface area (Å²) in [6, 6.07) is 2.37. The maximum absolute atomic E-state index is 13.4. The lowest BCUT2D eigenvalue weighted by Gasteiger charge is -2.25. The number of methoxy groups -OCH3 is 1. The van der Waals surface area contributed by atoms with E-state index in [9.17, 15) is 13.2 Å². The first-order chi connectivity index (χ1) is 13.4. The summed E-state index contributed by atoms with van der Waals surface area (Å²) in [5.74, 6) is -0.105. The van der Waals surface area contributed by atoms with Gasteiger partial charge < -0.3 is 9.47 Å². The largest absolute Gasteiger partial charge is 0.473 e. The monoisotopic (exact) mass is 408 g/mol. The number of hydrogen-bond acceptors (Lipinski definition) is 6. The minimum absolute atomic E-state index is 0.0122. The van der Waals surface area contributed by atoms with Gasteiger partial charge in [-0.1, -0.05) is 6.08 Å². The van der Waals surface area contributed by atoms with E-state index in [1.165, 1.54) is 17.5 Å². The summed E-state index contributed by atoms with van der Waals surface area (Å²) in [6.07, 6.45) is 6.60. The molecule has 1 aromatic heterocycles. The Kier molecular flexibility index (Phi) is 6.40. The van der Waals surface area contributed by atoms with Crippen molar-refractivity contribution in [1.29, 1.82) is 0 Å². The van der Waals surface area contributed by atoms with Gasteiger partial charge in [-0.2, -0.15) is 4.31 Å². The van der Waals surface area contributed by atoms with Crippen molar-refractivity contribution in [2.75, 3.05) is 13.7 Å². The minimum atomic E-state index is -3.94. The molecular weight excluding hydrogens is 380 g/mol. The third kappa shape index (κ3) is 4.07. The van der Waals surface area contributed by atoms with Gasteiger partial charge in [0.05, 0.1) is 7.11 Å². The standard InChI is InChI=1S/C20H28N2O5S/c1-4-7-15-8-5-10-17(15)27-19-18(12-11-14(2)21-19)28(24,25)22-13-6-9-16(22)20(23)26-3/h4,11-12,15-17H,1,5-10,13H2,2-3H3/t15-,16-,17+/m0/s1. The quantitative estimate of drug-likeness (QED) is 0.509. The van der Waals surface area contributed by atoms with Crippen molar-refractivity contribution in [2.45, 2.75) is 62.5 Å². The van der Waals surface area contributed by atoms with Crippen LogP contribution in [0, 0.1) is 12.8 Å². The van der Waals surface area contributed by atoms with Crippen molar-refractivity contribution in [2.24, 2.45) is 5.92 Å². The molecule has 1 aliphatic heterocycles. The lowest BCUT2D eigenvalue weighted by atomic mass is 10.0. The molecule has 1 aromatic rings. The van der Waals surface area contributed by atoms with Gasteiger partial charge in [0.2, 0.25) is 15.9 Å². The average molecular weight is 409 g/mol. The number of allylic oxidation sites excluding steroid dienone is 1. The van der Waals surface area contributed by atoms with Crippen molar-refractivity contribution in [3.05, 3.63) is 30.5 Å². The van der Waals surface area contributed by atoms with E-state index in [0.29, 0.717) is 24.5 Å². The van der Waals surface area contributed by atoms with Gasteiger partial charge in [0.15, 0.2) is 0 Å². The number of carbonyl (C=O) groups excluding carboxylic acids is 1. The normalized spacial score (nSPS) is 25.6. The van der Waals surface area contributed by atoms with E-state index in [1.807, 2.05) is 6.08 Å². The summed E-state index contributed by atoms with van der Waals surface area (Å²) in [4.78, 5) is 16.5. The molecule has 1 saturated heterocycles. The zero-order valence-electron chi connectivity index (χ0n) is 16.5. The molecule has 3 rings (SSSR count). The van der Waals surface area contributed by atoms with Crippen molar-refractivity contribution >= 4 is 16.0 Å². The smallest absolute Gasteiger partial charge is 0.324 e. The number of esters is 1. The molecule has 154 valence electrons. The van der Waals surface area contributed by atoms with Gasteiger partial charge >= 0.3 is 5.97 Å². The molecule has 0 N–H and O–H groups in total. The first kappa shape index (κ1) is 20.8. The molecular formula is C20H28N2O5S. The Bertz CT molecular complexity index is 839. The van der Waals surface area contributed by atoms with Crippen molar-refractivity contribution in [3.63, 3.8) is 0 Å². The summed E-state index contributed by atoms with van der Waals surface area (Å²) in [6.45, 7) is 5.88. The highest BCUT2D eigenvalue weighted by atomic mass is 32.2. The molecule has 2 fully saturated rings. The Hall–Kier alpha value is -1.93. The molecule has 0 bridgehead atoms. The summed E-state index contributed by atoms with van der Waals surface area (Å²) in [5, 5.41) is 0. The van der Waals surface area contributed by atoms with Gasteiger partial charge in [-0.15, -0.1) is 6.58 Å². The predicted molar refractivity (Wildman–Crippen MR) is 104 cm³/mol. The summed E-state index contributed by atoms with van der Waals surface area (Å²) >= 11 is 0. The average Bonchev–Trinajstić information content (AvgIpc) is 3.31. The Labute approximate surface area is 166 Å². The highest BCUT2D eigenvalue weighted by molar-refractivity contribution is 7.89. The Morgan fingerprint density at radius 2 is 2.11 bits per heavy atom. The number of hydrogen-bond donors (Lipinski definition) is 0. The van der Waals surface area contributed by atoms with Crippen molar-refractivity contribution in [1.82, 2.24) is 9.29 Å². The van der Waals surface area contributed by atoms with Crippen LogP contribution in [-0.4, -0.2) is 49.5 Å². The maximum Gasteiger partial charge on any atom is 0.324 e. The van der Waals surface area contributed by atoms with Gasteiger partial charge in [-0.3, -0.25) is 4.79 Å². The number of aryl methyl sites for hydroxylation is 1. The molecule has 1 aliphatic carbocycles. The van der Waals surface area contributed by atoms with Crippen LogP contribution < -0.4 is 4.74 Å². The molecule has 0 unspecified atom stereocenters. The van der Waals surface area contributed by atoms with Crippen LogP contribution in [0.25, 0.3) is 0 Å². The van der Waals surface area contributed by atoms with Crippen LogP contribution in [0.4, 0.5) is 0 Å². The lowest BCUT2D eigenvalue weighted by Crippen LogP contribution is -2.41. The molecule has 0 spiro atoms. The van der Waals surface area contributed by atoms with Gasteiger partial charge in [0.1, 0.15) is 17.0 Å². The Morgan fingerprint density at radius 1 is 1.32 bits per heavy atom. The number of ether oxygens (including phenoxy) is 2. The van der Waals surface area contributed by atoms with E-state index in [4.69, 9.17) is 9.47 Å². The highest BCUT2D eigenvalue weighted by Crippen LogP contribution is 2.36.